The third-order valence-corrected chi connectivity index (χ3v) is 3.09. The van der Waals surface area contributed by atoms with Gasteiger partial charge in [0.05, 0.1) is 11.8 Å². The van der Waals surface area contributed by atoms with E-state index >= 15 is 0 Å². The molecular weight excluding hydrogens is 217 g/mol. The van der Waals surface area contributed by atoms with Gasteiger partial charge in [-0.1, -0.05) is 0 Å². The number of aromatic nitrogens is 1. The van der Waals surface area contributed by atoms with Gasteiger partial charge in [0.15, 0.2) is 0 Å². The SMILES string of the molecule is COC(=O)c1cc2cc(C)nc(F)c2s1. The third kappa shape index (κ3) is 1.70. The van der Waals surface area contributed by atoms with E-state index in [2.05, 4.69) is 9.72 Å². The minimum absolute atomic E-state index is 0.388. The summed E-state index contributed by atoms with van der Waals surface area (Å²) >= 11 is 1.05. The average Bonchev–Trinajstić information content (AvgIpc) is 2.60. The molecule has 15 heavy (non-hydrogen) atoms. The minimum Gasteiger partial charge on any atom is -0.465 e. The van der Waals surface area contributed by atoms with E-state index in [0.29, 0.717) is 20.7 Å². The van der Waals surface area contributed by atoms with Crippen molar-refractivity contribution in [3.63, 3.8) is 0 Å². The Bertz CT molecular complexity index is 535. The van der Waals surface area contributed by atoms with E-state index in [9.17, 15) is 9.18 Å². The zero-order chi connectivity index (χ0) is 11.0. The lowest BCUT2D eigenvalue weighted by molar-refractivity contribution is 0.0606. The predicted octanol–water partition coefficient (Wildman–Crippen LogP) is 2.53. The molecular formula is C10H8FNO2S. The van der Waals surface area contributed by atoms with Crippen LogP contribution in [0.3, 0.4) is 0 Å². The van der Waals surface area contributed by atoms with Crippen LogP contribution in [0, 0.1) is 12.9 Å². The Kier molecular flexibility index (Phi) is 2.40. The molecule has 0 aromatic carbocycles. The van der Waals surface area contributed by atoms with Gasteiger partial charge in [-0.25, -0.2) is 9.78 Å². The molecule has 0 bridgehead atoms. The third-order valence-electron chi connectivity index (χ3n) is 1.97. The van der Waals surface area contributed by atoms with Gasteiger partial charge in [0.25, 0.3) is 0 Å². The van der Waals surface area contributed by atoms with Crippen LogP contribution in [0.1, 0.15) is 15.4 Å². The normalized spacial score (nSPS) is 10.6. The summed E-state index contributed by atoms with van der Waals surface area (Å²) in [7, 11) is 1.30. The van der Waals surface area contributed by atoms with Crippen LogP contribution in [0.25, 0.3) is 10.1 Å². The van der Waals surface area contributed by atoms with Crippen LogP contribution in [0.4, 0.5) is 4.39 Å². The maximum atomic E-state index is 13.4. The van der Waals surface area contributed by atoms with Gasteiger partial charge in [-0.15, -0.1) is 11.3 Å². The van der Waals surface area contributed by atoms with Gasteiger partial charge in [0.2, 0.25) is 5.95 Å². The van der Waals surface area contributed by atoms with E-state index < -0.39 is 11.9 Å². The first-order valence-electron chi connectivity index (χ1n) is 4.27. The summed E-state index contributed by atoms with van der Waals surface area (Å²) in [5, 5.41) is 0.686. The standard InChI is InChI=1S/C10H8FNO2S/c1-5-3-6-4-7(10(13)14-2)15-8(6)9(11)12-5/h3-4H,1-2H3. The summed E-state index contributed by atoms with van der Waals surface area (Å²) in [6.07, 6.45) is 0. The molecule has 0 atom stereocenters. The number of ether oxygens (including phenoxy) is 1. The summed E-state index contributed by atoms with van der Waals surface area (Å²) in [5.74, 6) is -0.988. The molecule has 0 saturated carbocycles. The molecule has 2 aromatic heterocycles. The van der Waals surface area contributed by atoms with Crippen LogP contribution in [-0.2, 0) is 4.74 Å². The number of halogens is 1. The lowest BCUT2D eigenvalue weighted by atomic mass is 10.2. The van der Waals surface area contributed by atoms with Gasteiger partial charge in [-0.3, -0.25) is 0 Å². The number of fused-ring (bicyclic) bond motifs is 1. The fourth-order valence-corrected chi connectivity index (χ4v) is 2.28. The summed E-state index contributed by atoms with van der Waals surface area (Å²) in [4.78, 5) is 15.3. The molecule has 2 aromatic rings. The number of hydrogen-bond donors (Lipinski definition) is 0. The Morgan fingerprint density at radius 2 is 2.27 bits per heavy atom. The number of thiophene rings is 1. The van der Waals surface area contributed by atoms with Crippen molar-refractivity contribution in [2.45, 2.75) is 6.92 Å². The van der Waals surface area contributed by atoms with Gasteiger partial charge < -0.3 is 4.74 Å². The maximum Gasteiger partial charge on any atom is 0.348 e. The van der Waals surface area contributed by atoms with E-state index in [-0.39, 0.29) is 0 Å². The second-order valence-corrected chi connectivity index (χ2v) is 4.13. The molecule has 78 valence electrons. The quantitative estimate of drug-likeness (QED) is 0.553. The van der Waals surface area contributed by atoms with Crippen molar-refractivity contribution < 1.29 is 13.9 Å². The lowest BCUT2D eigenvalue weighted by Crippen LogP contribution is -1.96. The van der Waals surface area contributed by atoms with E-state index in [1.165, 1.54) is 7.11 Å². The molecule has 0 N–H and O–H groups in total. The van der Waals surface area contributed by atoms with Crippen LogP contribution in [0.15, 0.2) is 12.1 Å². The zero-order valence-corrected chi connectivity index (χ0v) is 9.02. The molecule has 0 spiro atoms. The van der Waals surface area contributed by atoms with E-state index in [1.54, 1.807) is 19.1 Å². The van der Waals surface area contributed by atoms with Crippen molar-refractivity contribution >= 4 is 27.4 Å². The first-order valence-corrected chi connectivity index (χ1v) is 5.08. The summed E-state index contributed by atoms with van der Waals surface area (Å²) in [6.45, 7) is 1.71. The monoisotopic (exact) mass is 225 g/mol. The fourth-order valence-electron chi connectivity index (χ4n) is 1.34. The molecule has 5 heteroatoms. The van der Waals surface area contributed by atoms with Crippen LogP contribution >= 0.6 is 11.3 Å². The fraction of sp³-hybridized carbons (Fsp3) is 0.200. The second kappa shape index (κ2) is 3.58. The first kappa shape index (κ1) is 10.0. The van der Waals surface area contributed by atoms with Gasteiger partial charge in [0.1, 0.15) is 4.88 Å². The highest BCUT2D eigenvalue weighted by molar-refractivity contribution is 7.20. The smallest absolute Gasteiger partial charge is 0.348 e. The van der Waals surface area contributed by atoms with Crippen molar-refractivity contribution in [3.8, 4) is 0 Å². The molecule has 0 aliphatic heterocycles. The van der Waals surface area contributed by atoms with Gasteiger partial charge in [-0.05, 0) is 24.4 Å². The van der Waals surface area contributed by atoms with Crippen molar-refractivity contribution in [1.82, 2.24) is 4.98 Å². The molecule has 0 radical (unpaired) electrons. The van der Waals surface area contributed by atoms with Crippen molar-refractivity contribution in [1.29, 1.82) is 0 Å². The van der Waals surface area contributed by atoms with Crippen LogP contribution in [0.5, 0.6) is 0 Å². The van der Waals surface area contributed by atoms with Crippen LogP contribution in [0.2, 0.25) is 0 Å². The number of hydrogen-bond acceptors (Lipinski definition) is 4. The highest BCUT2D eigenvalue weighted by atomic mass is 32.1. The molecule has 0 aliphatic carbocycles. The Morgan fingerprint density at radius 3 is 2.93 bits per heavy atom. The first-order chi connectivity index (χ1) is 7.11. The molecule has 0 unspecified atom stereocenters. The average molecular weight is 225 g/mol. The molecule has 0 amide bonds. The van der Waals surface area contributed by atoms with Crippen LogP contribution < -0.4 is 0 Å². The van der Waals surface area contributed by atoms with Gasteiger partial charge >= 0.3 is 5.97 Å². The second-order valence-electron chi connectivity index (χ2n) is 3.08. The van der Waals surface area contributed by atoms with E-state index in [1.807, 2.05) is 0 Å². The van der Waals surface area contributed by atoms with E-state index in [0.717, 1.165) is 11.3 Å². The molecule has 3 nitrogen and oxygen atoms in total. The van der Waals surface area contributed by atoms with Crippen LogP contribution in [-0.4, -0.2) is 18.1 Å². The highest BCUT2D eigenvalue weighted by Crippen LogP contribution is 2.28. The van der Waals surface area contributed by atoms with Gasteiger partial charge in [0, 0.05) is 5.69 Å². The van der Waals surface area contributed by atoms with E-state index in [4.69, 9.17) is 0 Å². The predicted molar refractivity (Wildman–Crippen MR) is 55.7 cm³/mol. The number of pyridine rings is 1. The van der Waals surface area contributed by atoms with Crippen molar-refractivity contribution in [2.75, 3.05) is 7.11 Å². The Labute approximate surface area is 89.5 Å². The number of methoxy groups -OCH3 is 1. The Balaban J connectivity index is 2.65. The van der Waals surface area contributed by atoms with Crippen molar-refractivity contribution in [2.24, 2.45) is 0 Å². The largest absolute Gasteiger partial charge is 0.465 e. The molecule has 0 aliphatic rings. The summed E-state index contributed by atoms with van der Waals surface area (Å²) < 4.78 is 18.3. The zero-order valence-electron chi connectivity index (χ0n) is 8.20. The number of nitrogens with zero attached hydrogens (tertiary/aromatic N) is 1. The number of carbonyl (C=O) groups excluding carboxylic acids is 1. The molecule has 2 rings (SSSR count). The maximum absolute atomic E-state index is 13.4. The molecule has 0 fully saturated rings. The molecule has 2 heterocycles. The number of aryl methyl sites for hydroxylation is 1. The Hall–Kier alpha value is -1.49. The lowest BCUT2D eigenvalue weighted by Gasteiger charge is -1.93. The minimum atomic E-state index is -0.537. The highest BCUT2D eigenvalue weighted by Gasteiger charge is 2.13. The van der Waals surface area contributed by atoms with Gasteiger partial charge in [-0.2, -0.15) is 4.39 Å². The number of rotatable bonds is 1. The number of esters is 1. The molecule has 0 saturated heterocycles. The number of carbonyl (C=O) groups is 1. The summed E-state index contributed by atoms with van der Waals surface area (Å²) in [6, 6.07) is 3.35. The summed E-state index contributed by atoms with van der Waals surface area (Å²) in [5.41, 5.74) is 0.592. The van der Waals surface area contributed by atoms with Crippen molar-refractivity contribution in [3.05, 3.63) is 28.7 Å². The topological polar surface area (TPSA) is 39.2 Å². The Morgan fingerprint density at radius 1 is 1.53 bits per heavy atom.